The van der Waals surface area contributed by atoms with Crippen molar-refractivity contribution in [3.63, 3.8) is 0 Å². The van der Waals surface area contributed by atoms with Gasteiger partial charge in [0.25, 0.3) is 0 Å². The lowest BCUT2D eigenvalue weighted by molar-refractivity contribution is 0.254. The van der Waals surface area contributed by atoms with Gasteiger partial charge in [0.1, 0.15) is 5.15 Å². The second-order valence-corrected chi connectivity index (χ2v) is 7.34. The van der Waals surface area contributed by atoms with Gasteiger partial charge in [0, 0.05) is 18.0 Å². The SMILES string of the molecule is COc1cc2c3c(c(Cl)nc2cc1OCCCN1CCCC1)CCC3. The van der Waals surface area contributed by atoms with Crippen molar-refractivity contribution in [3.05, 3.63) is 28.4 Å². The molecular formula is C20H25ClN2O2. The van der Waals surface area contributed by atoms with E-state index < -0.39 is 0 Å². The fourth-order valence-corrected chi connectivity index (χ4v) is 4.37. The van der Waals surface area contributed by atoms with Gasteiger partial charge < -0.3 is 14.4 Å². The van der Waals surface area contributed by atoms with Gasteiger partial charge >= 0.3 is 0 Å². The summed E-state index contributed by atoms with van der Waals surface area (Å²) in [5, 5.41) is 1.79. The first-order valence-electron chi connectivity index (χ1n) is 9.30. The van der Waals surface area contributed by atoms with Crippen LogP contribution in [0, 0.1) is 0 Å². The van der Waals surface area contributed by atoms with E-state index in [0.717, 1.165) is 54.6 Å². The molecule has 4 rings (SSSR count). The maximum atomic E-state index is 6.39. The van der Waals surface area contributed by atoms with Gasteiger partial charge in [-0.15, -0.1) is 0 Å². The van der Waals surface area contributed by atoms with Crippen molar-refractivity contribution in [3.8, 4) is 11.5 Å². The zero-order chi connectivity index (χ0) is 17.2. The number of pyridine rings is 1. The quantitative estimate of drug-likeness (QED) is 0.569. The van der Waals surface area contributed by atoms with Crippen molar-refractivity contribution in [1.82, 2.24) is 9.88 Å². The first-order chi connectivity index (χ1) is 12.3. The molecule has 0 unspecified atom stereocenters. The average molecular weight is 361 g/mol. The highest BCUT2D eigenvalue weighted by atomic mass is 35.5. The van der Waals surface area contributed by atoms with Crippen LogP contribution in [0.4, 0.5) is 0 Å². The number of aromatic nitrogens is 1. The molecular weight excluding hydrogens is 336 g/mol. The molecule has 0 bridgehead atoms. The Balaban J connectivity index is 1.53. The fraction of sp³-hybridized carbons (Fsp3) is 0.550. The zero-order valence-electron chi connectivity index (χ0n) is 14.8. The Bertz CT molecular complexity index is 772. The standard InChI is InChI=1S/C20H25ClN2O2/c1-24-18-12-16-14-6-4-7-15(14)20(21)22-17(16)13-19(18)25-11-5-10-23-8-2-3-9-23/h12-13H,2-11H2,1H3. The lowest BCUT2D eigenvalue weighted by Crippen LogP contribution is -2.21. The Hall–Kier alpha value is -1.52. The van der Waals surface area contributed by atoms with Gasteiger partial charge in [0.2, 0.25) is 0 Å². The predicted molar refractivity (Wildman–Crippen MR) is 101 cm³/mol. The molecule has 1 aliphatic heterocycles. The number of ether oxygens (including phenoxy) is 2. The number of halogens is 1. The summed E-state index contributed by atoms with van der Waals surface area (Å²) in [6.45, 7) is 4.25. The summed E-state index contributed by atoms with van der Waals surface area (Å²) in [5.41, 5.74) is 3.44. The first kappa shape index (κ1) is 16.9. The molecule has 0 saturated carbocycles. The van der Waals surface area contributed by atoms with E-state index in [4.69, 9.17) is 21.1 Å². The van der Waals surface area contributed by atoms with Gasteiger partial charge in [-0.2, -0.15) is 0 Å². The molecule has 5 heteroatoms. The molecule has 2 aliphatic rings. The Kier molecular flexibility index (Phi) is 5.00. The van der Waals surface area contributed by atoms with Crippen LogP contribution in [0.5, 0.6) is 11.5 Å². The van der Waals surface area contributed by atoms with Crippen molar-refractivity contribution in [2.24, 2.45) is 0 Å². The molecule has 0 amide bonds. The van der Waals surface area contributed by atoms with Crippen LogP contribution in [0.15, 0.2) is 12.1 Å². The number of likely N-dealkylation sites (tertiary alicyclic amines) is 1. The van der Waals surface area contributed by atoms with Gasteiger partial charge in [-0.05, 0) is 68.8 Å². The van der Waals surface area contributed by atoms with Crippen LogP contribution in [-0.4, -0.2) is 43.2 Å². The Morgan fingerprint density at radius 2 is 1.88 bits per heavy atom. The molecule has 0 spiro atoms. The van der Waals surface area contributed by atoms with E-state index in [1.54, 1.807) is 7.11 Å². The topological polar surface area (TPSA) is 34.6 Å². The van der Waals surface area contributed by atoms with Crippen LogP contribution >= 0.6 is 11.6 Å². The van der Waals surface area contributed by atoms with Crippen LogP contribution in [-0.2, 0) is 12.8 Å². The van der Waals surface area contributed by atoms with Gasteiger partial charge in [-0.3, -0.25) is 0 Å². The third kappa shape index (κ3) is 3.42. The highest BCUT2D eigenvalue weighted by Crippen LogP contribution is 2.38. The van der Waals surface area contributed by atoms with Crippen LogP contribution in [0.25, 0.3) is 10.9 Å². The third-order valence-electron chi connectivity index (χ3n) is 5.37. The minimum Gasteiger partial charge on any atom is -0.493 e. The molecule has 4 nitrogen and oxygen atoms in total. The predicted octanol–water partition coefficient (Wildman–Crippen LogP) is 4.25. The van der Waals surface area contributed by atoms with Crippen LogP contribution in [0.3, 0.4) is 0 Å². The molecule has 2 aromatic rings. The summed E-state index contributed by atoms with van der Waals surface area (Å²) in [6, 6.07) is 4.05. The van der Waals surface area contributed by atoms with E-state index in [2.05, 4.69) is 16.0 Å². The normalized spacial score (nSPS) is 17.2. The van der Waals surface area contributed by atoms with Crippen LogP contribution < -0.4 is 9.47 Å². The Morgan fingerprint density at radius 3 is 2.68 bits per heavy atom. The van der Waals surface area contributed by atoms with E-state index in [1.165, 1.54) is 37.1 Å². The average Bonchev–Trinajstić information content (AvgIpc) is 3.30. The van der Waals surface area contributed by atoms with Crippen molar-refractivity contribution < 1.29 is 9.47 Å². The van der Waals surface area contributed by atoms with Crippen molar-refractivity contribution in [2.45, 2.75) is 38.5 Å². The number of methoxy groups -OCH3 is 1. The van der Waals surface area contributed by atoms with Crippen molar-refractivity contribution >= 4 is 22.5 Å². The minimum absolute atomic E-state index is 0.644. The van der Waals surface area contributed by atoms with E-state index in [9.17, 15) is 0 Å². The lowest BCUT2D eigenvalue weighted by atomic mass is 10.1. The Labute approximate surface area is 154 Å². The molecule has 0 radical (unpaired) electrons. The summed E-state index contributed by atoms with van der Waals surface area (Å²) in [4.78, 5) is 7.10. The highest BCUT2D eigenvalue weighted by molar-refractivity contribution is 6.30. The number of hydrogen-bond acceptors (Lipinski definition) is 4. The largest absolute Gasteiger partial charge is 0.493 e. The molecule has 1 aromatic heterocycles. The second kappa shape index (κ2) is 7.38. The van der Waals surface area contributed by atoms with E-state index in [-0.39, 0.29) is 0 Å². The molecule has 1 fully saturated rings. The van der Waals surface area contributed by atoms with Gasteiger partial charge in [-0.25, -0.2) is 4.98 Å². The molecule has 2 heterocycles. The minimum atomic E-state index is 0.644. The van der Waals surface area contributed by atoms with E-state index >= 15 is 0 Å². The summed E-state index contributed by atoms with van der Waals surface area (Å²) in [5.74, 6) is 1.55. The molecule has 1 saturated heterocycles. The number of nitrogens with zero attached hydrogens (tertiary/aromatic N) is 2. The summed E-state index contributed by atoms with van der Waals surface area (Å²) in [6.07, 6.45) is 6.92. The molecule has 1 aromatic carbocycles. The number of hydrogen-bond donors (Lipinski definition) is 0. The smallest absolute Gasteiger partial charge is 0.163 e. The number of fused-ring (bicyclic) bond motifs is 3. The third-order valence-corrected chi connectivity index (χ3v) is 5.68. The summed E-state index contributed by atoms with van der Waals surface area (Å²) < 4.78 is 11.6. The molecule has 0 N–H and O–H groups in total. The highest BCUT2D eigenvalue weighted by Gasteiger charge is 2.20. The van der Waals surface area contributed by atoms with Gasteiger partial charge in [0.15, 0.2) is 11.5 Å². The Morgan fingerprint density at radius 1 is 1.08 bits per heavy atom. The molecule has 134 valence electrons. The zero-order valence-corrected chi connectivity index (χ0v) is 15.6. The molecule has 25 heavy (non-hydrogen) atoms. The molecule has 0 atom stereocenters. The van der Waals surface area contributed by atoms with Gasteiger partial charge in [0.05, 0.1) is 19.2 Å². The fourth-order valence-electron chi connectivity index (χ4n) is 4.07. The summed E-state index contributed by atoms with van der Waals surface area (Å²) in [7, 11) is 1.70. The first-order valence-corrected chi connectivity index (χ1v) is 9.68. The second-order valence-electron chi connectivity index (χ2n) is 6.98. The van der Waals surface area contributed by atoms with Gasteiger partial charge in [-0.1, -0.05) is 11.6 Å². The van der Waals surface area contributed by atoms with Crippen LogP contribution in [0.1, 0.15) is 36.8 Å². The van der Waals surface area contributed by atoms with Crippen molar-refractivity contribution in [2.75, 3.05) is 33.4 Å². The van der Waals surface area contributed by atoms with E-state index in [1.807, 2.05) is 6.07 Å². The monoisotopic (exact) mass is 360 g/mol. The summed E-state index contributed by atoms with van der Waals surface area (Å²) >= 11 is 6.39. The van der Waals surface area contributed by atoms with E-state index in [0.29, 0.717) is 11.8 Å². The molecule has 1 aliphatic carbocycles. The maximum absolute atomic E-state index is 6.39. The number of benzene rings is 1. The van der Waals surface area contributed by atoms with Crippen LogP contribution in [0.2, 0.25) is 5.15 Å². The lowest BCUT2D eigenvalue weighted by Gasteiger charge is -2.16. The number of rotatable bonds is 6. The maximum Gasteiger partial charge on any atom is 0.163 e. The number of aryl methyl sites for hydroxylation is 1. The van der Waals surface area contributed by atoms with Crippen molar-refractivity contribution in [1.29, 1.82) is 0 Å².